The van der Waals surface area contributed by atoms with Crippen molar-refractivity contribution >= 4 is 0 Å². The fourth-order valence-corrected chi connectivity index (χ4v) is 1.18. The fourth-order valence-electron chi connectivity index (χ4n) is 1.18. The molecule has 0 bridgehead atoms. The minimum atomic E-state index is -0.415. The molecule has 0 radical (unpaired) electrons. The van der Waals surface area contributed by atoms with Gasteiger partial charge in [-0.15, -0.1) is 11.8 Å². The third-order valence-corrected chi connectivity index (χ3v) is 1.93. The van der Waals surface area contributed by atoms with Gasteiger partial charge in [-0.3, -0.25) is 0 Å². The van der Waals surface area contributed by atoms with Crippen LogP contribution >= 0.6 is 0 Å². The topological polar surface area (TPSA) is 12.0 Å². The van der Waals surface area contributed by atoms with Crippen LogP contribution < -0.4 is 5.32 Å². The van der Waals surface area contributed by atoms with Crippen molar-refractivity contribution in [3.05, 3.63) is 35.4 Å². The first-order valence-electron chi connectivity index (χ1n) is 4.78. The van der Waals surface area contributed by atoms with Crippen LogP contribution in [0.15, 0.2) is 18.2 Å². The molecule has 0 fully saturated rings. The highest BCUT2D eigenvalue weighted by atomic mass is 19.1. The van der Waals surface area contributed by atoms with E-state index in [1.165, 1.54) is 6.07 Å². The smallest absolute Gasteiger partial charge is 0.127 e. The highest BCUT2D eigenvalue weighted by Gasteiger charge is 2.02. The number of hydrogen-bond donors (Lipinski definition) is 1. The van der Waals surface area contributed by atoms with Crippen LogP contribution in [-0.4, -0.2) is 6.54 Å². The van der Waals surface area contributed by atoms with Gasteiger partial charge < -0.3 is 5.32 Å². The summed E-state index contributed by atoms with van der Waals surface area (Å²) >= 11 is 0. The van der Waals surface area contributed by atoms with E-state index in [0.717, 1.165) is 12.1 Å². The monoisotopic (exact) mass is 209 g/mol. The molecule has 15 heavy (non-hydrogen) atoms. The van der Waals surface area contributed by atoms with Crippen molar-refractivity contribution in [2.45, 2.75) is 19.9 Å². The molecule has 80 valence electrons. The minimum Gasteiger partial charge on any atom is -0.312 e. The molecule has 0 aliphatic carbocycles. The molecule has 3 heteroatoms. The van der Waals surface area contributed by atoms with Crippen LogP contribution in [0.1, 0.15) is 18.9 Å². The van der Waals surface area contributed by atoms with E-state index in [2.05, 4.69) is 17.2 Å². The van der Waals surface area contributed by atoms with E-state index in [-0.39, 0.29) is 5.82 Å². The molecule has 1 aromatic rings. The molecular weight excluding hydrogens is 196 g/mol. The van der Waals surface area contributed by atoms with Crippen LogP contribution in [0.5, 0.6) is 0 Å². The Kier molecular flexibility index (Phi) is 4.79. The van der Waals surface area contributed by atoms with Crippen LogP contribution in [-0.2, 0) is 6.54 Å². The van der Waals surface area contributed by atoms with Crippen LogP contribution in [0, 0.1) is 23.5 Å². The van der Waals surface area contributed by atoms with Crippen molar-refractivity contribution in [2.75, 3.05) is 6.54 Å². The summed E-state index contributed by atoms with van der Waals surface area (Å²) in [6.45, 7) is 2.78. The number of halogens is 2. The summed E-state index contributed by atoms with van der Waals surface area (Å²) in [7, 11) is 0. The summed E-state index contributed by atoms with van der Waals surface area (Å²) in [5.74, 6) is 4.84. The Bertz CT molecular complexity index is 377. The Morgan fingerprint density at radius 1 is 1.33 bits per heavy atom. The van der Waals surface area contributed by atoms with Crippen molar-refractivity contribution < 1.29 is 8.78 Å². The maximum atomic E-state index is 13.1. The molecule has 0 saturated heterocycles. The van der Waals surface area contributed by atoms with Crippen LogP contribution in [0.2, 0.25) is 0 Å². The molecule has 0 spiro atoms. The van der Waals surface area contributed by atoms with E-state index in [1.54, 1.807) is 6.92 Å². The van der Waals surface area contributed by atoms with E-state index >= 15 is 0 Å². The third kappa shape index (κ3) is 4.09. The summed E-state index contributed by atoms with van der Waals surface area (Å²) in [5.41, 5.74) is 0.347. The van der Waals surface area contributed by atoms with Gasteiger partial charge in [0.05, 0.1) is 0 Å². The number of rotatable bonds is 4. The Hall–Kier alpha value is -1.40. The molecule has 0 heterocycles. The summed E-state index contributed by atoms with van der Waals surface area (Å²) in [5, 5.41) is 3.00. The van der Waals surface area contributed by atoms with Crippen LogP contribution in [0.3, 0.4) is 0 Å². The lowest BCUT2D eigenvalue weighted by molar-refractivity contribution is 0.570. The van der Waals surface area contributed by atoms with E-state index in [0.29, 0.717) is 25.1 Å². The molecule has 1 rings (SSSR count). The number of nitrogens with one attached hydrogen (secondary N) is 1. The van der Waals surface area contributed by atoms with Crippen molar-refractivity contribution in [1.29, 1.82) is 0 Å². The Morgan fingerprint density at radius 2 is 2.13 bits per heavy atom. The maximum absolute atomic E-state index is 13.1. The molecule has 0 amide bonds. The van der Waals surface area contributed by atoms with E-state index in [1.807, 2.05) is 0 Å². The zero-order chi connectivity index (χ0) is 11.1. The summed E-state index contributed by atoms with van der Waals surface area (Å²) < 4.78 is 25.9. The van der Waals surface area contributed by atoms with Gasteiger partial charge in [-0.25, -0.2) is 8.78 Å². The molecule has 0 aromatic heterocycles. The number of hydrogen-bond acceptors (Lipinski definition) is 1. The normalized spacial score (nSPS) is 9.53. The van der Waals surface area contributed by atoms with Crippen molar-refractivity contribution in [3.63, 3.8) is 0 Å². The lowest BCUT2D eigenvalue weighted by Crippen LogP contribution is -2.15. The van der Waals surface area contributed by atoms with Gasteiger partial charge in [0.25, 0.3) is 0 Å². The van der Waals surface area contributed by atoms with Gasteiger partial charge in [0.1, 0.15) is 11.6 Å². The zero-order valence-corrected chi connectivity index (χ0v) is 8.61. The standard InChI is InChI=1S/C12H13F2N/c1-2-3-4-7-15-9-10-8-11(13)5-6-12(10)14/h5-6,8,15H,4,7,9H2,1H3. The quantitative estimate of drug-likeness (QED) is 0.593. The van der Waals surface area contributed by atoms with Crippen molar-refractivity contribution in [1.82, 2.24) is 5.32 Å². The average molecular weight is 209 g/mol. The highest BCUT2D eigenvalue weighted by molar-refractivity contribution is 5.18. The van der Waals surface area contributed by atoms with E-state index in [9.17, 15) is 8.78 Å². The first-order chi connectivity index (χ1) is 7.24. The van der Waals surface area contributed by atoms with Crippen LogP contribution in [0.25, 0.3) is 0 Å². The molecule has 0 saturated carbocycles. The Balaban J connectivity index is 2.42. The van der Waals surface area contributed by atoms with Gasteiger partial charge in [-0.1, -0.05) is 0 Å². The van der Waals surface area contributed by atoms with Gasteiger partial charge >= 0.3 is 0 Å². The molecule has 1 N–H and O–H groups in total. The molecule has 0 aliphatic rings. The summed E-state index contributed by atoms with van der Waals surface area (Å²) in [4.78, 5) is 0. The van der Waals surface area contributed by atoms with E-state index < -0.39 is 5.82 Å². The van der Waals surface area contributed by atoms with E-state index in [4.69, 9.17) is 0 Å². The first kappa shape index (κ1) is 11.7. The third-order valence-electron chi connectivity index (χ3n) is 1.93. The summed E-state index contributed by atoms with van der Waals surface area (Å²) in [6.07, 6.45) is 0.716. The van der Waals surface area contributed by atoms with Gasteiger partial charge in [-0.2, -0.15) is 0 Å². The zero-order valence-electron chi connectivity index (χ0n) is 8.61. The second kappa shape index (κ2) is 6.15. The average Bonchev–Trinajstić information content (AvgIpc) is 2.23. The van der Waals surface area contributed by atoms with Gasteiger partial charge in [0.15, 0.2) is 0 Å². The van der Waals surface area contributed by atoms with Crippen molar-refractivity contribution in [3.8, 4) is 11.8 Å². The number of benzene rings is 1. The minimum absolute atomic E-state index is 0.328. The first-order valence-corrected chi connectivity index (χ1v) is 4.78. The molecule has 0 unspecified atom stereocenters. The predicted molar refractivity (Wildman–Crippen MR) is 56.1 cm³/mol. The van der Waals surface area contributed by atoms with Crippen molar-refractivity contribution in [2.24, 2.45) is 0 Å². The lowest BCUT2D eigenvalue weighted by Gasteiger charge is -2.04. The largest absolute Gasteiger partial charge is 0.312 e. The molecular formula is C12H13F2N. The molecule has 1 nitrogen and oxygen atoms in total. The van der Waals surface area contributed by atoms with Crippen LogP contribution in [0.4, 0.5) is 8.78 Å². The molecule has 0 atom stereocenters. The second-order valence-corrected chi connectivity index (χ2v) is 3.09. The highest BCUT2D eigenvalue weighted by Crippen LogP contribution is 2.08. The second-order valence-electron chi connectivity index (χ2n) is 3.09. The SMILES string of the molecule is CC#CCCNCc1cc(F)ccc1F. The lowest BCUT2D eigenvalue weighted by atomic mass is 10.2. The Morgan fingerprint density at radius 3 is 2.87 bits per heavy atom. The summed E-state index contributed by atoms with van der Waals surface area (Å²) in [6, 6.07) is 3.45. The predicted octanol–water partition coefficient (Wildman–Crippen LogP) is 2.47. The maximum Gasteiger partial charge on any atom is 0.127 e. The Labute approximate surface area is 88.5 Å². The fraction of sp³-hybridized carbons (Fsp3) is 0.333. The van der Waals surface area contributed by atoms with Gasteiger partial charge in [0.2, 0.25) is 0 Å². The van der Waals surface area contributed by atoms with Gasteiger partial charge in [-0.05, 0) is 25.1 Å². The van der Waals surface area contributed by atoms with Gasteiger partial charge in [0, 0.05) is 25.1 Å². The molecule has 1 aromatic carbocycles. The molecule has 0 aliphatic heterocycles.